The molecule has 1 aliphatic carbocycles. The molecule has 0 saturated heterocycles. The molecule has 0 aromatic heterocycles. The van der Waals surface area contributed by atoms with Gasteiger partial charge in [0.05, 0.1) is 6.42 Å². The van der Waals surface area contributed by atoms with Crippen LogP contribution in [-0.4, -0.2) is 35.5 Å². The standard InChI is InChI=1S/C13H23N3O4/c14-8-13(4-2-1-3-5-13)7-11(18)16-9(12(19)20)6-10(15)17/h9H,1-8,14H2,(H2,15,17)(H,16,18)(H,19,20)/t9-/m0/s1. The molecule has 1 fully saturated rings. The Morgan fingerprint density at radius 1 is 1.20 bits per heavy atom. The van der Waals surface area contributed by atoms with Crippen LogP contribution in [0.5, 0.6) is 0 Å². The second-order valence-corrected chi connectivity index (χ2v) is 5.57. The first-order valence-electron chi connectivity index (χ1n) is 6.89. The maximum atomic E-state index is 12.0. The van der Waals surface area contributed by atoms with E-state index in [1.807, 2.05) is 0 Å². The number of carbonyl (C=O) groups is 3. The Hall–Kier alpha value is -1.63. The lowest BCUT2D eigenvalue weighted by Crippen LogP contribution is -2.46. The molecule has 114 valence electrons. The first-order chi connectivity index (χ1) is 9.38. The number of carbonyl (C=O) groups excluding carboxylic acids is 2. The van der Waals surface area contributed by atoms with Gasteiger partial charge in [0.15, 0.2) is 0 Å². The highest BCUT2D eigenvalue weighted by Crippen LogP contribution is 2.38. The highest BCUT2D eigenvalue weighted by molar-refractivity contribution is 5.88. The van der Waals surface area contributed by atoms with Crippen LogP contribution in [0, 0.1) is 5.41 Å². The van der Waals surface area contributed by atoms with Crippen molar-refractivity contribution in [1.29, 1.82) is 0 Å². The van der Waals surface area contributed by atoms with Gasteiger partial charge in [-0.15, -0.1) is 0 Å². The van der Waals surface area contributed by atoms with E-state index in [4.69, 9.17) is 16.6 Å². The van der Waals surface area contributed by atoms with Gasteiger partial charge >= 0.3 is 5.97 Å². The molecule has 0 heterocycles. The Kier molecular flexibility index (Phi) is 5.94. The molecule has 20 heavy (non-hydrogen) atoms. The van der Waals surface area contributed by atoms with Gasteiger partial charge in [-0.2, -0.15) is 0 Å². The number of carboxylic acids is 1. The molecule has 0 aromatic carbocycles. The average molecular weight is 285 g/mol. The Morgan fingerprint density at radius 2 is 1.80 bits per heavy atom. The number of nitrogens with two attached hydrogens (primary N) is 2. The van der Waals surface area contributed by atoms with Gasteiger partial charge in [-0.05, 0) is 24.8 Å². The van der Waals surface area contributed by atoms with E-state index in [0.717, 1.165) is 32.1 Å². The minimum absolute atomic E-state index is 0.200. The van der Waals surface area contributed by atoms with Crippen LogP contribution in [0.15, 0.2) is 0 Å². The van der Waals surface area contributed by atoms with E-state index in [1.54, 1.807) is 0 Å². The summed E-state index contributed by atoms with van der Waals surface area (Å²) in [5.74, 6) is -2.41. The lowest BCUT2D eigenvalue weighted by atomic mass is 9.71. The van der Waals surface area contributed by atoms with Gasteiger partial charge in [0, 0.05) is 6.42 Å². The van der Waals surface area contributed by atoms with E-state index >= 15 is 0 Å². The molecule has 0 radical (unpaired) electrons. The molecule has 0 aromatic rings. The van der Waals surface area contributed by atoms with E-state index < -0.39 is 24.3 Å². The minimum Gasteiger partial charge on any atom is -0.480 e. The fourth-order valence-corrected chi connectivity index (χ4v) is 2.74. The molecule has 1 saturated carbocycles. The number of carboxylic acid groups (broad SMARTS) is 1. The van der Waals surface area contributed by atoms with Crippen molar-refractivity contribution < 1.29 is 19.5 Å². The molecule has 1 atom stereocenters. The summed E-state index contributed by atoms with van der Waals surface area (Å²) in [5.41, 5.74) is 10.5. The smallest absolute Gasteiger partial charge is 0.326 e. The number of amides is 2. The van der Waals surface area contributed by atoms with Crippen molar-refractivity contribution in [2.24, 2.45) is 16.9 Å². The summed E-state index contributed by atoms with van der Waals surface area (Å²) >= 11 is 0. The first-order valence-corrected chi connectivity index (χ1v) is 6.89. The van der Waals surface area contributed by atoms with Crippen LogP contribution in [0.2, 0.25) is 0 Å². The Labute approximate surface area is 118 Å². The van der Waals surface area contributed by atoms with Gasteiger partial charge in [-0.25, -0.2) is 4.79 Å². The lowest BCUT2D eigenvalue weighted by molar-refractivity contribution is -0.143. The number of primary amides is 1. The zero-order valence-corrected chi connectivity index (χ0v) is 11.6. The summed E-state index contributed by atoms with van der Waals surface area (Å²) in [4.78, 5) is 33.7. The third-order valence-electron chi connectivity index (χ3n) is 3.92. The van der Waals surface area contributed by atoms with Crippen molar-refractivity contribution in [2.45, 2.75) is 51.0 Å². The monoisotopic (exact) mass is 285 g/mol. The largest absolute Gasteiger partial charge is 0.480 e. The predicted molar refractivity (Wildman–Crippen MR) is 72.6 cm³/mol. The summed E-state index contributed by atoms with van der Waals surface area (Å²) in [5, 5.41) is 11.3. The molecular formula is C13H23N3O4. The molecular weight excluding hydrogens is 262 g/mol. The Balaban J connectivity index is 2.59. The van der Waals surface area contributed by atoms with E-state index in [-0.39, 0.29) is 17.7 Å². The van der Waals surface area contributed by atoms with Crippen LogP contribution >= 0.6 is 0 Å². The van der Waals surface area contributed by atoms with Gasteiger partial charge in [-0.3, -0.25) is 9.59 Å². The average Bonchev–Trinajstić information content (AvgIpc) is 2.38. The van der Waals surface area contributed by atoms with Crippen LogP contribution in [-0.2, 0) is 14.4 Å². The maximum absolute atomic E-state index is 12.0. The topological polar surface area (TPSA) is 136 Å². The Bertz CT molecular complexity index is 378. The molecule has 0 spiro atoms. The SMILES string of the molecule is NCC1(CC(=O)N[C@@H](CC(N)=O)C(=O)O)CCCCC1. The molecule has 0 aliphatic heterocycles. The molecule has 7 heteroatoms. The van der Waals surface area contributed by atoms with Crippen LogP contribution in [0.25, 0.3) is 0 Å². The molecule has 0 unspecified atom stereocenters. The van der Waals surface area contributed by atoms with Crippen molar-refractivity contribution in [3.8, 4) is 0 Å². The van der Waals surface area contributed by atoms with Crippen LogP contribution in [0.3, 0.4) is 0 Å². The van der Waals surface area contributed by atoms with Crippen LogP contribution < -0.4 is 16.8 Å². The highest BCUT2D eigenvalue weighted by atomic mass is 16.4. The van der Waals surface area contributed by atoms with Gasteiger partial charge < -0.3 is 21.9 Å². The predicted octanol–water partition coefficient (Wildman–Crippen LogP) is -0.269. The van der Waals surface area contributed by atoms with Crippen LogP contribution in [0.4, 0.5) is 0 Å². The normalized spacial score (nSPS) is 19.1. The second-order valence-electron chi connectivity index (χ2n) is 5.57. The van der Waals surface area contributed by atoms with Crippen molar-refractivity contribution in [3.63, 3.8) is 0 Å². The van der Waals surface area contributed by atoms with Crippen molar-refractivity contribution in [1.82, 2.24) is 5.32 Å². The van der Waals surface area contributed by atoms with Gasteiger partial charge in [0.25, 0.3) is 0 Å². The van der Waals surface area contributed by atoms with E-state index in [1.165, 1.54) is 0 Å². The molecule has 7 nitrogen and oxygen atoms in total. The summed E-state index contributed by atoms with van der Waals surface area (Å²) in [6, 6.07) is -1.27. The number of aliphatic carboxylic acids is 1. The highest BCUT2D eigenvalue weighted by Gasteiger charge is 2.34. The fraction of sp³-hybridized carbons (Fsp3) is 0.769. The van der Waals surface area contributed by atoms with Gasteiger partial charge in [0.1, 0.15) is 6.04 Å². The molecule has 1 aliphatic rings. The lowest BCUT2D eigenvalue weighted by Gasteiger charge is -2.35. The number of nitrogens with one attached hydrogen (secondary N) is 1. The van der Waals surface area contributed by atoms with E-state index in [9.17, 15) is 14.4 Å². The van der Waals surface area contributed by atoms with Crippen molar-refractivity contribution in [3.05, 3.63) is 0 Å². The van der Waals surface area contributed by atoms with Crippen molar-refractivity contribution in [2.75, 3.05) is 6.54 Å². The summed E-state index contributed by atoms with van der Waals surface area (Å²) < 4.78 is 0. The molecule has 0 bridgehead atoms. The third-order valence-corrected chi connectivity index (χ3v) is 3.92. The number of rotatable bonds is 7. The number of hydrogen-bond donors (Lipinski definition) is 4. The van der Waals surface area contributed by atoms with E-state index in [2.05, 4.69) is 5.32 Å². The first kappa shape index (κ1) is 16.4. The third kappa shape index (κ3) is 4.80. The van der Waals surface area contributed by atoms with Gasteiger partial charge in [-0.1, -0.05) is 19.3 Å². The van der Waals surface area contributed by atoms with Crippen molar-refractivity contribution >= 4 is 17.8 Å². The minimum atomic E-state index is -1.27. The zero-order chi connectivity index (χ0) is 15.2. The Morgan fingerprint density at radius 3 is 2.25 bits per heavy atom. The zero-order valence-electron chi connectivity index (χ0n) is 11.6. The fourth-order valence-electron chi connectivity index (χ4n) is 2.74. The number of hydrogen-bond acceptors (Lipinski definition) is 4. The van der Waals surface area contributed by atoms with Crippen LogP contribution in [0.1, 0.15) is 44.9 Å². The summed E-state index contributed by atoms with van der Waals surface area (Å²) in [7, 11) is 0. The molecule has 2 amide bonds. The summed E-state index contributed by atoms with van der Waals surface area (Å²) in [6.07, 6.45) is 4.77. The summed E-state index contributed by atoms with van der Waals surface area (Å²) in [6.45, 7) is 0.411. The quantitative estimate of drug-likeness (QED) is 0.510. The van der Waals surface area contributed by atoms with E-state index in [0.29, 0.717) is 6.54 Å². The maximum Gasteiger partial charge on any atom is 0.326 e. The molecule has 1 rings (SSSR count). The van der Waals surface area contributed by atoms with Gasteiger partial charge in [0.2, 0.25) is 11.8 Å². The second kappa shape index (κ2) is 7.23. The molecule has 6 N–H and O–H groups in total.